The molecule has 2 atom stereocenters. The van der Waals surface area contributed by atoms with E-state index in [0.717, 1.165) is 0 Å². The second-order valence-electron chi connectivity index (χ2n) is 3.38. The van der Waals surface area contributed by atoms with E-state index < -0.39 is 24.2 Å². The molecule has 12 heavy (non-hydrogen) atoms. The molecule has 0 saturated heterocycles. The molecule has 0 aromatic carbocycles. The van der Waals surface area contributed by atoms with Gasteiger partial charge in [0.1, 0.15) is 0 Å². The summed E-state index contributed by atoms with van der Waals surface area (Å²) in [5.41, 5.74) is 3.26. The van der Waals surface area contributed by atoms with Gasteiger partial charge in [-0.2, -0.15) is 13.2 Å². The summed E-state index contributed by atoms with van der Waals surface area (Å²) in [4.78, 5) is 0. The highest BCUT2D eigenvalue weighted by Gasteiger charge is 2.56. The topological polar surface area (TPSA) is 46.2 Å². The zero-order valence-corrected chi connectivity index (χ0v) is 6.56. The summed E-state index contributed by atoms with van der Waals surface area (Å²) in [5.74, 6) is 0. The Kier molecular flexibility index (Phi) is 2.35. The Bertz CT molecular complexity index is 171. The molecule has 5 heteroatoms. The third-order valence-electron chi connectivity index (χ3n) is 2.57. The Morgan fingerprint density at radius 3 is 2.25 bits per heavy atom. The molecule has 1 aliphatic carbocycles. The predicted molar refractivity (Wildman–Crippen MR) is 37.4 cm³/mol. The summed E-state index contributed by atoms with van der Waals surface area (Å²) in [6.07, 6.45) is -5.20. The van der Waals surface area contributed by atoms with Crippen LogP contribution in [-0.2, 0) is 0 Å². The van der Waals surface area contributed by atoms with Gasteiger partial charge < -0.3 is 10.8 Å². The van der Waals surface area contributed by atoms with Crippen LogP contribution in [0.3, 0.4) is 0 Å². The van der Waals surface area contributed by atoms with Crippen molar-refractivity contribution < 1.29 is 18.3 Å². The van der Waals surface area contributed by atoms with Gasteiger partial charge in [0.2, 0.25) is 0 Å². The first-order valence-corrected chi connectivity index (χ1v) is 3.86. The Balaban J connectivity index is 2.78. The normalized spacial score (nSPS) is 37.2. The van der Waals surface area contributed by atoms with E-state index >= 15 is 0 Å². The van der Waals surface area contributed by atoms with Gasteiger partial charge in [0, 0.05) is 6.54 Å². The van der Waals surface area contributed by atoms with E-state index in [-0.39, 0.29) is 19.3 Å². The molecule has 0 aliphatic heterocycles. The number of hydrogen-bond acceptors (Lipinski definition) is 2. The summed E-state index contributed by atoms with van der Waals surface area (Å²) in [6.45, 7) is -0.423. The molecule has 3 N–H and O–H groups in total. The summed E-state index contributed by atoms with van der Waals surface area (Å²) in [5, 5.41) is 9.00. The van der Waals surface area contributed by atoms with Crippen molar-refractivity contribution in [1.82, 2.24) is 0 Å². The van der Waals surface area contributed by atoms with Gasteiger partial charge in [0.25, 0.3) is 0 Å². The van der Waals surface area contributed by atoms with Crippen molar-refractivity contribution in [2.75, 3.05) is 6.54 Å². The number of alkyl halides is 3. The van der Waals surface area contributed by atoms with E-state index in [0.29, 0.717) is 0 Å². The lowest BCUT2D eigenvalue weighted by Crippen LogP contribution is -2.42. The summed E-state index contributed by atoms with van der Waals surface area (Å²) < 4.78 is 37.2. The van der Waals surface area contributed by atoms with Gasteiger partial charge in [-0.3, -0.25) is 0 Å². The third kappa shape index (κ3) is 1.43. The first kappa shape index (κ1) is 9.80. The number of hydrogen-bond donors (Lipinski definition) is 2. The fourth-order valence-corrected chi connectivity index (χ4v) is 1.66. The Hall–Kier alpha value is -0.290. The quantitative estimate of drug-likeness (QED) is 0.638. The predicted octanol–water partition coefficient (Wildman–Crippen LogP) is 1.04. The summed E-state index contributed by atoms with van der Waals surface area (Å²) in [7, 11) is 0. The van der Waals surface area contributed by atoms with Crippen LogP contribution in [0.15, 0.2) is 0 Å². The molecular weight excluding hydrogens is 171 g/mol. The van der Waals surface area contributed by atoms with Crippen molar-refractivity contribution in [3.63, 3.8) is 0 Å². The minimum atomic E-state index is -4.28. The van der Waals surface area contributed by atoms with Crippen LogP contribution >= 0.6 is 0 Å². The molecule has 0 aromatic rings. The Morgan fingerprint density at radius 2 is 2.08 bits per heavy atom. The molecule has 72 valence electrons. The molecule has 0 amide bonds. The molecule has 1 fully saturated rings. The monoisotopic (exact) mass is 183 g/mol. The molecule has 0 radical (unpaired) electrons. The van der Waals surface area contributed by atoms with E-state index in [1.54, 1.807) is 0 Å². The van der Waals surface area contributed by atoms with Crippen molar-refractivity contribution in [1.29, 1.82) is 0 Å². The molecule has 1 saturated carbocycles. The summed E-state index contributed by atoms with van der Waals surface area (Å²) >= 11 is 0. The molecule has 1 aliphatic rings. The lowest BCUT2D eigenvalue weighted by molar-refractivity contribution is -0.220. The average molecular weight is 183 g/mol. The first-order valence-electron chi connectivity index (χ1n) is 3.86. The minimum absolute atomic E-state index is 0.0475. The lowest BCUT2D eigenvalue weighted by Gasteiger charge is -2.29. The minimum Gasteiger partial charge on any atom is -0.393 e. The van der Waals surface area contributed by atoms with Crippen LogP contribution in [0.25, 0.3) is 0 Å². The molecule has 0 heterocycles. The first-order chi connectivity index (χ1) is 5.41. The summed E-state index contributed by atoms with van der Waals surface area (Å²) in [6, 6.07) is 0. The standard InChI is InChI=1S/C7H12F3NO/c8-7(9,10)6(4-11)2-1-5(12)3-6/h5,12H,1-4,11H2. The molecule has 2 nitrogen and oxygen atoms in total. The maximum atomic E-state index is 12.4. The molecule has 0 bridgehead atoms. The zero-order valence-electron chi connectivity index (χ0n) is 6.56. The Morgan fingerprint density at radius 1 is 1.50 bits per heavy atom. The van der Waals surface area contributed by atoms with Gasteiger partial charge in [-0.15, -0.1) is 0 Å². The van der Waals surface area contributed by atoms with Crippen molar-refractivity contribution in [3.8, 4) is 0 Å². The van der Waals surface area contributed by atoms with E-state index in [1.165, 1.54) is 0 Å². The van der Waals surface area contributed by atoms with Gasteiger partial charge in [0.05, 0.1) is 11.5 Å². The molecule has 0 spiro atoms. The van der Waals surface area contributed by atoms with Crippen LogP contribution in [0.4, 0.5) is 13.2 Å². The number of aliphatic hydroxyl groups excluding tert-OH is 1. The van der Waals surface area contributed by atoms with Crippen LogP contribution in [0.5, 0.6) is 0 Å². The van der Waals surface area contributed by atoms with Gasteiger partial charge in [0.15, 0.2) is 0 Å². The molecule has 0 aromatic heterocycles. The van der Waals surface area contributed by atoms with Crippen molar-refractivity contribution in [2.24, 2.45) is 11.1 Å². The lowest BCUT2D eigenvalue weighted by atomic mass is 9.85. The zero-order chi connectivity index (χ0) is 9.41. The van der Waals surface area contributed by atoms with Gasteiger partial charge in [-0.25, -0.2) is 0 Å². The van der Waals surface area contributed by atoms with Gasteiger partial charge >= 0.3 is 6.18 Å². The smallest absolute Gasteiger partial charge is 0.393 e. The maximum absolute atomic E-state index is 12.4. The maximum Gasteiger partial charge on any atom is 0.395 e. The largest absolute Gasteiger partial charge is 0.395 e. The number of aliphatic hydroxyl groups is 1. The second kappa shape index (κ2) is 2.88. The van der Waals surface area contributed by atoms with Gasteiger partial charge in [-0.1, -0.05) is 0 Å². The van der Waals surface area contributed by atoms with Gasteiger partial charge in [-0.05, 0) is 19.3 Å². The van der Waals surface area contributed by atoms with Crippen molar-refractivity contribution in [3.05, 3.63) is 0 Å². The van der Waals surface area contributed by atoms with E-state index in [1.807, 2.05) is 0 Å². The number of nitrogens with two attached hydrogens (primary N) is 1. The fraction of sp³-hybridized carbons (Fsp3) is 1.00. The Labute approximate surface area is 68.6 Å². The van der Waals surface area contributed by atoms with Crippen molar-refractivity contribution in [2.45, 2.75) is 31.5 Å². The fourth-order valence-electron chi connectivity index (χ4n) is 1.66. The number of rotatable bonds is 1. The van der Waals surface area contributed by atoms with E-state index in [2.05, 4.69) is 0 Å². The van der Waals surface area contributed by atoms with Crippen LogP contribution in [0, 0.1) is 5.41 Å². The number of halogens is 3. The van der Waals surface area contributed by atoms with Crippen molar-refractivity contribution >= 4 is 0 Å². The van der Waals surface area contributed by atoms with Crippen LogP contribution in [0.2, 0.25) is 0 Å². The van der Waals surface area contributed by atoms with E-state index in [9.17, 15) is 13.2 Å². The molecule has 2 unspecified atom stereocenters. The van der Waals surface area contributed by atoms with Crippen LogP contribution in [-0.4, -0.2) is 23.9 Å². The molecule has 1 rings (SSSR count). The average Bonchev–Trinajstić information content (AvgIpc) is 2.31. The highest BCUT2D eigenvalue weighted by atomic mass is 19.4. The highest BCUT2D eigenvalue weighted by Crippen LogP contribution is 2.49. The van der Waals surface area contributed by atoms with Crippen LogP contribution < -0.4 is 5.73 Å². The third-order valence-corrected chi connectivity index (χ3v) is 2.57. The second-order valence-corrected chi connectivity index (χ2v) is 3.38. The highest BCUT2D eigenvalue weighted by molar-refractivity contribution is 4.95. The van der Waals surface area contributed by atoms with Crippen LogP contribution in [0.1, 0.15) is 19.3 Å². The van der Waals surface area contributed by atoms with E-state index in [4.69, 9.17) is 10.8 Å². The SMILES string of the molecule is NCC1(C(F)(F)F)CCC(O)C1. The molecular formula is C7H12F3NO.